The van der Waals surface area contributed by atoms with E-state index in [-0.39, 0.29) is 5.41 Å². The molecule has 0 radical (unpaired) electrons. The molecule has 0 aromatic carbocycles. The van der Waals surface area contributed by atoms with E-state index in [1.807, 2.05) is 25.7 Å². The van der Waals surface area contributed by atoms with E-state index in [0.717, 1.165) is 38.4 Å². The Hall–Kier alpha value is -0.610. The van der Waals surface area contributed by atoms with Crippen molar-refractivity contribution in [2.24, 2.45) is 11.3 Å². The summed E-state index contributed by atoms with van der Waals surface area (Å²) in [7, 11) is 2.21. The van der Waals surface area contributed by atoms with Crippen molar-refractivity contribution >= 4 is 5.91 Å². The number of rotatable bonds is 3. The molecular formula is C17H33N3O. The molecule has 4 nitrogen and oxygen atoms in total. The summed E-state index contributed by atoms with van der Waals surface area (Å²) >= 11 is 0. The molecule has 2 saturated heterocycles. The van der Waals surface area contributed by atoms with Crippen LogP contribution in [0.25, 0.3) is 0 Å². The fraction of sp³-hybridized carbons (Fsp3) is 0.941. The number of amides is 1. The Morgan fingerprint density at radius 3 is 2.14 bits per heavy atom. The Labute approximate surface area is 130 Å². The molecule has 2 heterocycles. The molecule has 1 amide bonds. The summed E-state index contributed by atoms with van der Waals surface area (Å²) in [4.78, 5) is 16.7. The molecule has 2 rings (SSSR count). The minimum Gasteiger partial charge on any atom is -0.342 e. The Morgan fingerprint density at radius 2 is 1.62 bits per heavy atom. The zero-order chi connectivity index (χ0) is 15.5. The van der Waals surface area contributed by atoms with Crippen LogP contribution in [0.5, 0.6) is 0 Å². The Bertz CT molecular complexity index is 334. The highest BCUT2D eigenvalue weighted by atomic mass is 16.2. The number of nitrogens with one attached hydrogen (secondary N) is 1. The highest BCUT2D eigenvalue weighted by Gasteiger charge is 2.30. The fourth-order valence-corrected chi connectivity index (χ4v) is 3.36. The maximum absolute atomic E-state index is 12.3. The van der Waals surface area contributed by atoms with Crippen LogP contribution in [0.2, 0.25) is 0 Å². The normalized spacial score (nSPS) is 23.5. The quantitative estimate of drug-likeness (QED) is 0.864. The third-order valence-electron chi connectivity index (χ3n) is 4.96. The predicted octanol–water partition coefficient (Wildman–Crippen LogP) is 1.95. The Kier molecular flexibility index (Phi) is 5.67. The summed E-state index contributed by atoms with van der Waals surface area (Å²) in [6.07, 6.45) is 4.86. The number of carbonyl (C=O) groups is 1. The third-order valence-corrected chi connectivity index (χ3v) is 4.96. The molecule has 2 fully saturated rings. The number of likely N-dealkylation sites (tertiary alicyclic amines) is 2. The second-order valence-corrected chi connectivity index (χ2v) is 7.97. The van der Waals surface area contributed by atoms with Crippen molar-refractivity contribution in [2.75, 3.05) is 39.8 Å². The zero-order valence-corrected chi connectivity index (χ0v) is 14.3. The van der Waals surface area contributed by atoms with Gasteiger partial charge in [-0.1, -0.05) is 20.8 Å². The molecule has 0 spiro atoms. The molecule has 1 N–H and O–H groups in total. The highest BCUT2D eigenvalue weighted by Crippen LogP contribution is 2.21. The van der Waals surface area contributed by atoms with Crippen molar-refractivity contribution in [2.45, 2.75) is 52.5 Å². The van der Waals surface area contributed by atoms with Crippen LogP contribution in [0, 0.1) is 11.3 Å². The van der Waals surface area contributed by atoms with E-state index in [9.17, 15) is 4.79 Å². The van der Waals surface area contributed by atoms with Crippen molar-refractivity contribution in [3.05, 3.63) is 0 Å². The van der Waals surface area contributed by atoms with Crippen LogP contribution >= 0.6 is 0 Å². The van der Waals surface area contributed by atoms with E-state index in [2.05, 4.69) is 17.3 Å². The van der Waals surface area contributed by atoms with Gasteiger partial charge in [0.25, 0.3) is 0 Å². The molecule has 122 valence electrons. The monoisotopic (exact) mass is 295 g/mol. The van der Waals surface area contributed by atoms with Crippen LogP contribution in [0.15, 0.2) is 0 Å². The van der Waals surface area contributed by atoms with E-state index >= 15 is 0 Å². The van der Waals surface area contributed by atoms with Crippen LogP contribution in [-0.2, 0) is 4.79 Å². The van der Waals surface area contributed by atoms with E-state index < -0.39 is 0 Å². The van der Waals surface area contributed by atoms with Crippen LogP contribution in [0.3, 0.4) is 0 Å². The largest absolute Gasteiger partial charge is 0.342 e. The van der Waals surface area contributed by atoms with Crippen molar-refractivity contribution < 1.29 is 4.79 Å². The van der Waals surface area contributed by atoms with Crippen molar-refractivity contribution in [1.82, 2.24) is 15.1 Å². The topological polar surface area (TPSA) is 35.6 Å². The van der Waals surface area contributed by atoms with Crippen molar-refractivity contribution in [1.29, 1.82) is 0 Å². The molecule has 21 heavy (non-hydrogen) atoms. The number of hydrogen-bond donors (Lipinski definition) is 1. The van der Waals surface area contributed by atoms with E-state index in [1.54, 1.807) is 0 Å². The lowest BCUT2D eigenvalue weighted by molar-refractivity contribution is -0.140. The second-order valence-electron chi connectivity index (χ2n) is 7.97. The van der Waals surface area contributed by atoms with Gasteiger partial charge in [-0.15, -0.1) is 0 Å². The molecule has 0 unspecified atom stereocenters. The standard InChI is InChI=1S/C17H33N3O/c1-17(2,3)16(21)20-11-7-15(8-12-20)18-13-14-5-9-19(4)10-6-14/h14-15,18H,5-13H2,1-4H3. The summed E-state index contributed by atoms with van der Waals surface area (Å²) in [6.45, 7) is 11.5. The summed E-state index contributed by atoms with van der Waals surface area (Å²) in [6, 6.07) is 0.605. The van der Waals surface area contributed by atoms with Gasteiger partial charge in [-0.25, -0.2) is 0 Å². The van der Waals surface area contributed by atoms with Gasteiger partial charge in [-0.05, 0) is 58.3 Å². The minimum atomic E-state index is -0.242. The number of hydrogen-bond acceptors (Lipinski definition) is 3. The average molecular weight is 295 g/mol. The van der Waals surface area contributed by atoms with Gasteiger partial charge in [0.15, 0.2) is 0 Å². The lowest BCUT2D eigenvalue weighted by atomic mass is 9.92. The molecule has 2 aliphatic heterocycles. The van der Waals surface area contributed by atoms with Gasteiger partial charge in [-0.3, -0.25) is 4.79 Å². The second kappa shape index (κ2) is 7.10. The molecule has 0 aliphatic carbocycles. The van der Waals surface area contributed by atoms with E-state index in [4.69, 9.17) is 0 Å². The van der Waals surface area contributed by atoms with Crippen LogP contribution in [-0.4, -0.2) is 61.5 Å². The van der Waals surface area contributed by atoms with Gasteiger partial charge in [0, 0.05) is 24.5 Å². The van der Waals surface area contributed by atoms with Gasteiger partial charge in [0.05, 0.1) is 0 Å². The summed E-state index contributed by atoms with van der Waals surface area (Å²) in [5.41, 5.74) is -0.242. The van der Waals surface area contributed by atoms with E-state index in [1.165, 1.54) is 25.9 Å². The molecular weight excluding hydrogens is 262 g/mol. The van der Waals surface area contributed by atoms with Gasteiger partial charge >= 0.3 is 0 Å². The molecule has 0 atom stereocenters. The average Bonchev–Trinajstić information content (AvgIpc) is 2.45. The first kappa shape index (κ1) is 16.8. The molecule has 0 aromatic heterocycles. The molecule has 0 saturated carbocycles. The number of piperidine rings is 2. The molecule has 2 aliphatic rings. The van der Waals surface area contributed by atoms with Crippen LogP contribution < -0.4 is 5.32 Å². The third kappa shape index (κ3) is 4.96. The highest BCUT2D eigenvalue weighted by molar-refractivity contribution is 5.81. The first-order chi connectivity index (χ1) is 9.86. The maximum atomic E-state index is 12.3. The molecule has 4 heteroatoms. The SMILES string of the molecule is CN1CCC(CNC2CCN(C(=O)C(C)(C)C)CC2)CC1. The first-order valence-electron chi connectivity index (χ1n) is 8.57. The first-order valence-corrected chi connectivity index (χ1v) is 8.57. The fourth-order valence-electron chi connectivity index (χ4n) is 3.36. The van der Waals surface area contributed by atoms with Gasteiger partial charge in [-0.2, -0.15) is 0 Å². The number of nitrogens with zero attached hydrogens (tertiary/aromatic N) is 2. The summed E-state index contributed by atoms with van der Waals surface area (Å²) < 4.78 is 0. The predicted molar refractivity (Wildman–Crippen MR) is 87.3 cm³/mol. The van der Waals surface area contributed by atoms with Gasteiger partial charge in [0.2, 0.25) is 5.91 Å². The van der Waals surface area contributed by atoms with Crippen molar-refractivity contribution in [3.63, 3.8) is 0 Å². The van der Waals surface area contributed by atoms with Gasteiger partial charge in [0.1, 0.15) is 0 Å². The summed E-state index contributed by atoms with van der Waals surface area (Å²) in [5.74, 6) is 1.15. The molecule has 0 bridgehead atoms. The van der Waals surface area contributed by atoms with E-state index in [0.29, 0.717) is 11.9 Å². The Morgan fingerprint density at radius 1 is 1.05 bits per heavy atom. The van der Waals surface area contributed by atoms with Gasteiger partial charge < -0.3 is 15.1 Å². The smallest absolute Gasteiger partial charge is 0.227 e. The Balaban J connectivity index is 1.66. The lowest BCUT2D eigenvalue weighted by Crippen LogP contribution is -2.49. The zero-order valence-electron chi connectivity index (χ0n) is 14.3. The van der Waals surface area contributed by atoms with Crippen LogP contribution in [0.1, 0.15) is 46.5 Å². The maximum Gasteiger partial charge on any atom is 0.227 e. The van der Waals surface area contributed by atoms with Crippen molar-refractivity contribution in [3.8, 4) is 0 Å². The lowest BCUT2D eigenvalue weighted by Gasteiger charge is -2.37. The van der Waals surface area contributed by atoms with Crippen LogP contribution in [0.4, 0.5) is 0 Å². The summed E-state index contributed by atoms with van der Waals surface area (Å²) in [5, 5.41) is 3.75. The minimum absolute atomic E-state index is 0.242. The molecule has 0 aromatic rings. The number of carbonyl (C=O) groups excluding carboxylic acids is 1.